The molecule has 4 heterocycles. The standard InChI is InChI=1S/C30H25BrN4O3/c1-16(2)15-22-24-25(28(38)34(27(24)37)18-13-11-17(31)12-14-18)30(33-22)20-8-4-6-10-23(20)35-26(36)19-7-3-5-9-21(19)32-29(30)35/h3-14,16,22,24-25,33H,15H2,1-2H3/t22-,24-,25+,30+/m0/s1. The van der Waals surface area contributed by atoms with Crippen LogP contribution in [0.15, 0.2) is 82.1 Å². The average molecular weight is 569 g/mol. The maximum Gasteiger partial charge on any atom is 0.266 e. The van der Waals surface area contributed by atoms with Crippen LogP contribution in [0, 0.1) is 17.8 Å². The quantitative estimate of drug-likeness (QED) is 0.367. The van der Waals surface area contributed by atoms with Gasteiger partial charge in [-0.25, -0.2) is 9.88 Å². The van der Waals surface area contributed by atoms with Crippen molar-refractivity contribution in [3.8, 4) is 5.69 Å². The van der Waals surface area contributed by atoms with E-state index in [1.54, 1.807) is 22.8 Å². The fraction of sp³-hybridized carbons (Fsp3) is 0.267. The SMILES string of the molecule is CC(C)C[C@@H]1N[C@]2(c3ccccc3-n3c2nc2ccccc2c3=O)[C@H]2C(=O)N(c3ccc(Br)cc3)C(=O)[C@@H]12. The number of fused-ring (bicyclic) bond motifs is 8. The molecule has 2 fully saturated rings. The van der Waals surface area contributed by atoms with Crippen molar-refractivity contribution >= 4 is 44.3 Å². The molecule has 38 heavy (non-hydrogen) atoms. The lowest BCUT2D eigenvalue weighted by Gasteiger charge is -2.32. The molecule has 4 atom stereocenters. The maximum atomic E-state index is 14.4. The van der Waals surface area contributed by atoms with Gasteiger partial charge in [0.05, 0.1) is 34.1 Å². The molecule has 3 aliphatic rings. The number of imide groups is 1. The third-order valence-corrected chi connectivity index (χ3v) is 8.70. The summed E-state index contributed by atoms with van der Waals surface area (Å²) in [4.78, 5) is 48.7. The normalized spacial score (nSPS) is 25.5. The summed E-state index contributed by atoms with van der Waals surface area (Å²) in [5.41, 5.74) is 1.34. The lowest BCUT2D eigenvalue weighted by molar-refractivity contribution is -0.123. The molecular formula is C30H25BrN4O3. The molecule has 190 valence electrons. The molecular weight excluding hydrogens is 544 g/mol. The summed E-state index contributed by atoms with van der Waals surface area (Å²) in [5, 5.41) is 4.26. The number of para-hydroxylation sites is 2. The van der Waals surface area contributed by atoms with Crippen molar-refractivity contribution in [2.45, 2.75) is 31.8 Å². The zero-order valence-electron chi connectivity index (χ0n) is 20.9. The number of carbonyl (C=O) groups is 2. The number of carbonyl (C=O) groups excluding carboxylic acids is 2. The topological polar surface area (TPSA) is 84.3 Å². The summed E-state index contributed by atoms with van der Waals surface area (Å²) in [6.45, 7) is 4.23. The van der Waals surface area contributed by atoms with E-state index < -0.39 is 17.4 Å². The van der Waals surface area contributed by atoms with Gasteiger partial charge in [-0.1, -0.05) is 60.1 Å². The Hall–Kier alpha value is -3.62. The smallest absolute Gasteiger partial charge is 0.266 e. The van der Waals surface area contributed by atoms with Crippen LogP contribution in [0.1, 0.15) is 31.7 Å². The number of anilines is 1. The van der Waals surface area contributed by atoms with Gasteiger partial charge in [0.25, 0.3) is 5.56 Å². The molecule has 4 aromatic rings. The summed E-state index contributed by atoms with van der Waals surface area (Å²) in [7, 11) is 0. The predicted octanol–water partition coefficient (Wildman–Crippen LogP) is 4.53. The van der Waals surface area contributed by atoms with Gasteiger partial charge >= 0.3 is 0 Å². The van der Waals surface area contributed by atoms with E-state index in [0.29, 0.717) is 34.5 Å². The van der Waals surface area contributed by atoms with Crippen LogP contribution in [0.2, 0.25) is 0 Å². The van der Waals surface area contributed by atoms with E-state index in [1.165, 1.54) is 4.90 Å². The molecule has 2 saturated heterocycles. The number of hydrogen-bond donors (Lipinski definition) is 1. The van der Waals surface area contributed by atoms with Crippen molar-refractivity contribution in [3.05, 3.63) is 99.0 Å². The van der Waals surface area contributed by atoms with E-state index in [1.807, 2.05) is 54.6 Å². The minimum Gasteiger partial charge on any atom is -0.297 e. The summed E-state index contributed by atoms with van der Waals surface area (Å²) >= 11 is 3.44. The highest BCUT2D eigenvalue weighted by Gasteiger charge is 2.69. The average Bonchev–Trinajstić information content (AvgIpc) is 3.48. The first-order valence-electron chi connectivity index (χ1n) is 12.9. The molecule has 1 aromatic heterocycles. The van der Waals surface area contributed by atoms with Crippen LogP contribution in [0.4, 0.5) is 5.69 Å². The van der Waals surface area contributed by atoms with Crippen LogP contribution in [-0.2, 0) is 15.1 Å². The maximum absolute atomic E-state index is 14.4. The van der Waals surface area contributed by atoms with Crippen molar-refractivity contribution in [2.24, 2.45) is 17.8 Å². The molecule has 0 bridgehead atoms. The second kappa shape index (κ2) is 8.19. The van der Waals surface area contributed by atoms with Gasteiger partial charge in [-0.2, -0.15) is 0 Å². The fourth-order valence-electron chi connectivity index (χ4n) is 6.77. The number of rotatable bonds is 3. The van der Waals surface area contributed by atoms with Gasteiger partial charge < -0.3 is 0 Å². The van der Waals surface area contributed by atoms with Crippen molar-refractivity contribution in [3.63, 3.8) is 0 Å². The molecule has 0 unspecified atom stereocenters. The summed E-state index contributed by atoms with van der Waals surface area (Å²) in [6, 6.07) is 21.9. The number of amides is 2. The van der Waals surface area contributed by atoms with E-state index in [4.69, 9.17) is 4.98 Å². The van der Waals surface area contributed by atoms with Crippen LogP contribution in [-0.4, -0.2) is 27.4 Å². The molecule has 1 spiro atoms. The van der Waals surface area contributed by atoms with E-state index >= 15 is 0 Å². The zero-order chi connectivity index (χ0) is 26.3. The van der Waals surface area contributed by atoms with Crippen molar-refractivity contribution in [2.75, 3.05) is 4.90 Å². The number of nitrogens with zero attached hydrogens (tertiary/aromatic N) is 3. The van der Waals surface area contributed by atoms with Crippen LogP contribution >= 0.6 is 15.9 Å². The predicted molar refractivity (Wildman–Crippen MR) is 148 cm³/mol. The molecule has 2 amide bonds. The molecule has 1 N–H and O–H groups in total. The van der Waals surface area contributed by atoms with Gasteiger partial charge in [0, 0.05) is 16.1 Å². The second-order valence-electron chi connectivity index (χ2n) is 10.8. The highest BCUT2D eigenvalue weighted by atomic mass is 79.9. The summed E-state index contributed by atoms with van der Waals surface area (Å²) in [5.74, 6) is -1.05. The zero-order valence-corrected chi connectivity index (χ0v) is 22.5. The monoisotopic (exact) mass is 568 g/mol. The number of hydrogen-bond acceptors (Lipinski definition) is 5. The fourth-order valence-corrected chi connectivity index (χ4v) is 7.04. The highest BCUT2D eigenvalue weighted by Crippen LogP contribution is 2.56. The van der Waals surface area contributed by atoms with Crippen LogP contribution in [0.3, 0.4) is 0 Å². The molecule has 8 heteroatoms. The first-order valence-corrected chi connectivity index (χ1v) is 13.7. The Labute approximate surface area is 227 Å². The van der Waals surface area contributed by atoms with Gasteiger partial charge in [0.1, 0.15) is 11.4 Å². The van der Waals surface area contributed by atoms with E-state index in [0.717, 1.165) is 10.0 Å². The largest absolute Gasteiger partial charge is 0.297 e. The van der Waals surface area contributed by atoms with Crippen LogP contribution < -0.4 is 15.8 Å². The van der Waals surface area contributed by atoms with E-state index in [9.17, 15) is 14.4 Å². The number of aromatic nitrogens is 2. The van der Waals surface area contributed by atoms with Gasteiger partial charge in [-0.3, -0.25) is 24.3 Å². The first kappa shape index (κ1) is 23.5. The molecule has 0 saturated carbocycles. The minimum absolute atomic E-state index is 0.179. The Bertz CT molecular complexity index is 1710. The van der Waals surface area contributed by atoms with E-state index in [-0.39, 0.29) is 29.3 Å². The van der Waals surface area contributed by atoms with Gasteiger partial charge in [0.15, 0.2) is 0 Å². The first-order chi connectivity index (χ1) is 18.3. The summed E-state index contributed by atoms with van der Waals surface area (Å²) < 4.78 is 2.50. The van der Waals surface area contributed by atoms with Gasteiger partial charge in [-0.05, 0) is 54.8 Å². The van der Waals surface area contributed by atoms with E-state index in [2.05, 4.69) is 35.1 Å². The van der Waals surface area contributed by atoms with Gasteiger partial charge in [0.2, 0.25) is 11.8 Å². The number of nitrogens with one attached hydrogen (secondary N) is 1. The Kier molecular flexibility index (Phi) is 5.06. The Morgan fingerprint density at radius 2 is 1.66 bits per heavy atom. The highest BCUT2D eigenvalue weighted by molar-refractivity contribution is 9.10. The third kappa shape index (κ3) is 2.98. The third-order valence-electron chi connectivity index (χ3n) is 8.17. The molecule has 7 nitrogen and oxygen atoms in total. The Morgan fingerprint density at radius 1 is 0.947 bits per heavy atom. The Morgan fingerprint density at radius 3 is 2.42 bits per heavy atom. The van der Waals surface area contributed by atoms with Crippen LogP contribution in [0.25, 0.3) is 16.6 Å². The number of halogens is 1. The molecule has 0 radical (unpaired) electrons. The van der Waals surface area contributed by atoms with Crippen molar-refractivity contribution < 1.29 is 9.59 Å². The lowest BCUT2D eigenvalue weighted by Crippen LogP contribution is -2.50. The minimum atomic E-state index is -1.11. The molecule has 7 rings (SSSR count). The second-order valence-corrected chi connectivity index (χ2v) is 11.7. The Balaban J connectivity index is 1.52. The van der Waals surface area contributed by atoms with Gasteiger partial charge in [-0.15, -0.1) is 0 Å². The van der Waals surface area contributed by atoms with Crippen molar-refractivity contribution in [1.82, 2.24) is 14.9 Å². The number of benzene rings is 3. The van der Waals surface area contributed by atoms with Crippen LogP contribution in [0.5, 0.6) is 0 Å². The molecule has 3 aromatic carbocycles. The summed E-state index contributed by atoms with van der Waals surface area (Å²) in [6.07, 6.45) is 0.704. The lowest BCUT2D eigenvalue weighted by atomic mass is 9.75. The van der Waals surface area contributed by atoms with Crippen molar-refractivity contribution in [1.29, 1.82) is 0 Å². The molecule has 0 aliphatic carbocycles. The molecule has 3 aliphatic heterocycles.